The number of fused-ring (bicyclic) bond motifs is 1. The van der Waals surface area contributed by atoms with Crippen LogP contribution in [0.15, 0.2) is 30.9 Å². The zero-order chi connectivity index (χ0) is 23.5. The van der Waals surface area contributed by atoms with Gasteiger partial charge in [0.2, 0.25) is 5.91 Å². The summed E-state index contributed by atoms with van der Waals surface area (Å²) in [5.74, 6) is -0.467. The van der Waals surface area contributed by atoms with E-state index in [-0.39, 0.29) is 17.9 Å². The quantitative estimate of drug-likeness (QED) is 0.616. The molecule has 0 aliphatic carbocycles. The van der Waals surface area contributed by atoms with Crippen molar-refractivity contribution in [3.63, 3.8) is 0 Å². The molecule has 0 spiro atoms. The topological polar surface area (TPSA) is 127 Å². The maximum Gasteiger partial charge on any atom is 0.409 e. The summed E-state index contributed by atoms with van der Waals surface area (Å²) in [6, 6.07) is 1.16. The summed E-state index contributed by atoms with van der Waals surface area (Å²) in [4.78, 5) is 45.1. The third-order valence-corrected chi connectivity index (χ3v) is 5.56. The standard InChI is InChI=1S/C21H26N8O4/c1-4-33-21(32)27-10-8-26(9-11-27)20(31)15(3)29-13-17(14(2)25-29)24-19(30)16-12-23-28-7-5-6-22-18(16)28/h5-7,12-13,15H,4,8-11H2,1-3H3,(H,24,30). The number of hydrogen-bond acceptors (Lipinski definition) is 7. The van der Waals surface area contributed by atoms with Crippen LogP contribution < -0.4 is 5.32 Å². The van der Waals surface area contributed by atoms with Gasteiger partial charge >= 0.3 is 6.09 Å². The summed E-state index contributed by atoms with van der Waals surface area (Å²) >= 11 is 0. The van der Waals surface area contributed by atoms with Gasteiger partial charge in [-0.05, 0) is 26.8 Å². The molecule has 1 atom stereocenters. The Balaban J connectivity index is 1.41. The van der Waals surface area contributed by atoms with E-state index in [1.807, 2.05) is 0 Å². The van der Waals surface area contributed by atoms with Crippen LogP contribution in [-0.2, 0) is 9.53 Å². The number of carbonyl (C=O) groups excluding carboxylic acids is 3. The number of anilines is 1. The fourth-order valence-electron chi connectivity index (χ4n) is 3.68. The van der Waals surface area contributed by atoms with Crippen molar-refractivity contribution in [2.75, 3.05) is 38.1 Å². The van der Waals surface area contributed by atoms with Gasteiger partial charge in [0, 0.05) is 44.8 Å². The molecule has 1 aliphatic heterocycles. The molecule has 1 saturated heterocycles. The number of aromatic nitrogens is 5. The Hall–Kier alpha value is -3.96. The van der Waals surface area contributed by atoms with E-state index in [0.29, 0.717) is 55.4 Å². The van der Waals surface area contributed by atoms with Gasteiger partial charge in [0.25, 0.3) is 5.91 Å². The predicted octanol–water partition coefficient (Wildman–Crippen LogP) is 1.35. The second-order valence-electron chi connectivity index (χ2n) is 7.70. The summed E-state index contributed by atoms with van der Waals surface area (Å²) in [5, 5.41) is 11.4. The summed E-state index contributed by atoms with van der Waals surface area (Å²) in [6.45, 7) is 7.29. The number of nitrogens with one attached hydrogen (secondary N) is 1. The van der Waals surface area contributed by atoms with Crippen LogP contribution in [0.4, 0.5) is 10.5 Å². The van der Waals surface area contributed by atoms with Gasteiger partial charge < -0.3 is 19.9 Å². The third kappa shape index (κ3) is 4.49. The van der Waals surface area contributed by atoms with Gasteiger partial charge in [-0.2, -0.15) is 10.2 Å². The zero-order valence-electron chi connectivity index (χ0n) is 18.8. The fraction of sp³-hybridized carbons (Fsp3) is 0.429. The molecule has 1 unspecified atom stereocenters. The van der Waals surface area contributed by atoms with Crippen molar-refractivity contribution in [1.82, 2.24) is 34.2 Å². The minimum absolute atomic E-state index is 0.106. The molecule has 12 nitrogen and oxygen atoms in total. The summed E-state index contributed by atoms with van der Waals surface area (Å²) in [7, 11) is 0. The maximum absolute atomic E-state index is 13.0. The average molecular weight is 454 g/mol. The number of aryl methyl sites for hydroxylation is 1. The molecule has 3 aromatic rings. The van der Waals surface area contributed by atoms with E-state index in [1.165, 1.54) is 10.7 Å². The van der Waals surface area contributed by atoms with Crippen LogP contribution in [0.2, 0.25) is 0 Å². The van der Waals surface area contributed by atoms with Crippen molar-refractivity contribution < 1.29 is 19.1 Å². The molecule has 0 aromatic carbocycles. The van der Waals surface area contributed by atoms with Crippen molar-refractivity contribution >= 4 is 29.2 Å². The maximum atomic E-state index is 13.0. The molecular weight excluding hydrogens is 428 g/mol. The monoisotopic (exact) mass is 454 g/mol. The summed E-state index contributed by atoms with van der Waals surface area (Å²) in [5.41, 5.74) is 1.87. The molecule has 1 N–H and O–H groups in total. The van der Waals surface area contributed by atoms with Gasteiger partial charge in [0.1, 0.15) is 11.6 Å². The molecule has 12 heteroatoms. The first-order chi connectivity index (χ1) is 15.9. The molecular formula is C21H26N8O4. The third-order valence-electron chi connectivity index (χ3n) is 5.56. The number of amides is 3. The first-order valence-corrected chi connectivity index (χ1v) is 10.7. The molecule has 174 valence electrons. The Labute approximate surface area is 190 Å². The Morgan fingerprint density at radius 2 is 1.91 bits per heavy atom. The average Bonchev–Trinajstić information content (AvgIpc) is 3.42. The van der Waals surface area contributed by atoms with Gasteiger partial charge in [-0.1, -0.05) is 0 Å². The van der Waals surface area contributed by atoms with Gasteiger partial charge in [-0.25, -0.2) is 14.3 Å². The predicted molar refractivity (Wildman–Crippen MR) is 118 cm³/mol. The van der Waals surface area contributed by atoms with Crippen LogP contribution in [0, 0.1) is 6.92 Å². The van der Waals surface area contributed by atoms with Crippen molar-refractivity contribution in [2.45, 2.75) is 26.8 Å². The highest BCUT2D eigenvalue weighted by molar-refractivity contribution is 6.08. The van der Waals surface area contributed by atoms with E-state index in [2.05, 4.69) is 20.5 Å². The van der Waals surface area contributed by atoms with Crippen LogP contribution >= 0.6 is 0 Å². The van der Waals surface area contributed by atoms with Gasteiger partial charge in [-0.15, -0.1) is 0 Å². The lowest BCUT2D eigenvalue weighted by Gasteiger charge is -2.35. The van der Waals surface area contributed by atoms with E-state index in [9.17, 15) is 14.4 Å². The molecule has 0 radical (unpaired) electrons. The van der Waals surface area contributed by atoms with Crippen LogP contribution in [-0.4, -0.2) is 84.9 Å². The molecule has 1 fully saturated rings. The number of nitrogens with zero attached hydrogens (tertiary/aromatic N) is 7. The largest absolute Gasteiger partial charge is 0.450 e. The lowest BCUT2D eigenvalue weighted by molar-refractivity contribution is -0.136. The Morgan fingerprint density at radius 3 is 2.64 bits per heavy atom. The number of ether oxygens (including phenoxy) is 1. The van der Waals surface area contributed by atoms with Gasteiger partial charge in [-0.3, -0.25) is 14.3 Å². The molecule has 4 heterocycles. The van der Waals surface area contributed by atoms with Crippen LogP contribution in [0.3, 0.4) is 0 Å². The van der Waals surface area contributed by atoms with Crippen molar-refractivity contribution in [3.8, 4) is 0 Å². The molecule has 0 saturated carbocycles. The van der Waals surface area contributed by atoms with Gasteiger partial charge in [0.15, 0.2) is 5.65 Å². The second kappa shape index (κ2) is 9.27. The minimum Gasteiger partial charge on any atom is -0.450 e. The SMILES string of the molecule is CCOC(=O)N1CCN(C(=O)C(C)n2cc(NC(=O)c3cnn4cccnc34)c(C)n2)CC1. The van der Waals surface area contributed by atoms with Crippen molar-refractivity contribution in [3.05, 3.63) is 42.1 Å². The number of hydrogen-bond donors (Lipinski definition) is 1. The lowest BCUT2D eigenvalue weighted by Crippen LogP contribution is -2.52. The van der Waals surface area contributed by atoms with Crippen LogP contribution in [0.25, 0.3) is 5.65 Å². The van der Waals surface area contributed by atoms with E-state index in [1.54, 1.807) is 59.9 Å². The smallest absolute Gasteiger partial charge is 0.409 e. The van der Waals surface area contributed by atoms with Crippen molar-refractivity contribution in [1.29, 1.82) is 0 Å². The Bertz CT molecular complexity index is 1180. The highest BCUT2D eigenvalue weighted by Crippen LogP contribution is 2.20. The van der Waals surface area contributed by atoms with E-state index in [4.69, 9.17) is 4.74 Å². The van der Waals surface area contributed by atoms with E-state index >= 15 is 0 Å². The van der Waals surface area contributed by atoms with Crippen LogP contribution in [0.1, 0.15) is 35.9 Å². The zero-order valence-corrected chi connectivity index (χ0v) is 18.8. The molecule has 1 aliphatic rings. The highest BCUT2D eigenvalue weighted by Gasteiger charge is 2.29. The number of carbonyl (C=O) groups is 3. The first-order valence-electron chi connectivity index (χ1n) is 10.7. The number of piperazine rings is 1. The lowest BCUT2D eigenvalue weighted by atomic mass is 10.2. The normalized spacial score (nSPS) is 14.9. The van der Waals surface area contributed by atoms with E-state index < -0.39 is 6.04 Å². The molecule has 3 amide bonds. The summed E-state index contributed by atoms with van der Waals surface area (Å²) in [6.07, 6.45) is 6.05. The number of rotatable bonds is 5. The highest BCUT2D eigenvalue weighted by atomic mass is 16.6. The Kier molecular flexibility index (Phi) is 6.24. The summed E-state index contributed by atoms with van der Waals surface area (Å²) < 4.78 is 8.08. The fourth-order valence-corrected chi connectivity index (χ4v) is 3.68. The van der Waals surface area contributed by atoms with E-state index in [0.717, 1.165) is 0 Å². The minimum atomic E-state index is -0.567. The molecule has 3 aromatic heterocycles. The van der Waals surface area contributed by atoms with Crippen molar-refractivity contribution in [2.24, 2.45) is 0 Å². The first kappa shape index (κ1) is 22.2. The molecule has 33 heavy (non-hydrogen) atoms. The Morgan fingerprint density at radius 1 is 1.18 bits per heavy atom. The molecule has 0 bridgehead atoms. The van der Waals surface area contributed by atoms with Gasteiger partial charge in [0.05, 0.1) is 24.2 Å². The van der Waals surface area contributed by atoms with Crippen LogP contribution in [0.5, 0.6) is 0 Å². The molecule has 4 rings (SSSR count). The second-order valence-corrected chi connectivity index (χ2v) is 7.70.